The van der Waals surface area contributed by atoms with Crippen molar-refractivity contribution in [3.8, 4) is 0 Å². The fourth-order valence-corrected chi connectivity index (χ4v) is 6.24. The molecule has 0 rings (SSSR count). The molecule has 3 heteroatoms. The van der Waals surface area contributed by atoms with Gasteiger partial charge in [-0.15, -0.1) is 0 Å². The Labute approximate surface area is 258 Å². The summed E-state index contributed by atoms with van der Waals surface area (Å²) in [6.45, 7) is 9.48. The van der Waals surface area contributed by atoms with Crippen LogP contribution >= 0.6 is 0 Å². The van der Waals surface area contributed by atoms with Crippen LogP contribution in [0.15, 0.2) is 0 Å². The van der Waals surface area contributed by atoms with Gasteiger partial charge in [-0.1, -0.05) is 182 Å². The van der Waals surface area contributed by atoms with Crippen molar-refractivity contribution >= 4 is 11.7 Å². The molecule has 0 saturated carbocycles. The lowest BCUT2D eigenvalue weighted by atomic mass is 9.99. The first-order valence-corrected chi connectivity index (χ1v) is 18.9. The third kappa shape index (κ3) is 25.4. The predicted octanol–water partition coefficient (Wildman–Crippen LogP) is 12.5. The van der Waals surface area contributed by atoms with E-state index in [0.29, 0.717) is 18.6 Å². The fraction of sp³-hybridized carbons (Fsp3) is 0.947. The van der Waals surface area contributed by atoms with Gasteiger partial charge in [0.2, 0.25) is 5.91 Å². The first-order valence-electron chi connectivity index (χ1n) is 18.9. The number of rotatable bonds is 33. The van der Waals surface area contributed by atoms with Crippen molar-refractivity contribution in [2.45, 2.75) is 226 Å². The van der Waals surface area contributed by atoms with Crippen LogP contribution in [-0.4, -0.2) is 29.2 Å². The maximum atomic E-state index is 13.1. The average molecular weight is 578 g/mol. The van der Waals surface area contributed by atoms with Crippen molar-refractivity contribution in [1.29, 1.82) is 0 Å². The summed E-state index contributed by atoms with van der Waals surface area (Å²) in [5.74, 6) is 0.503. The molecular formula is C38H75NO2. The first-order chi connectivity index (χ1) is 20.1. The lowest BCUT2D eigenvalue weighted by Crippen LogP contribution is -2.45. The molecule has 0 aliphatic heterocycles. The van der Waals surface area contributed by atoms with E-state index < -0.39 is 0 Å². The number of carbonyl (C=O) groups excluding carboxylic acids is 2. The van der Waals surface area contributed by atoms with Gasteiger partial charge in [0.05, 0.1) is 6.04 Å². The normalized spacial score (nSPS) is 12.1. The Bertz CT molecular complexity index is 560. The summed E-state index contributed by atoms with van der Waals surface area (Å²) in [6.07, 6.45) is 37.3. The zero-order valence-corrected chi connectivity index (χ0v) is 28.8. The van der Waals surface area contributed by atoms with Gasteiger partial charge >= 0.3 is 0 Å². The third-order valence-electron chi connectivity index (χ3n) is 8.94. The molecule has 1 amide bonds. The van der Waals surface area contributed by atoms with Crippen LogP contribution in [0.4, 0.5) is 0 Å². The van der Waals surface area contributed by atoms with Gasteiger partial charge in [-0.2, -0.15) is 0 Å². The van der Waals surface area contributed by atoms with Gasteiger partial charge < -0.3 is 4.90 Å². The van der Waals surface area contributed by atoms with Crippen LogP contribution in [0.1, 0.15) is 220 Å². The number of unbranched alkanes of at least 4 members (excludes halogenated alkanes) is 24. The van der Waals surface area contributed by atoms with Gasteiger partial charge in [0.15, 0.2) is 5.78 Å². The second-order valence-electron chi connectivity index (χ2n) is 13.0. The van der Waals surface area contributed by atoms with Crippen molar-refractivity contribution in [2.75, 3.05) is 6.54 Å². The van der Waals surface area contributed by atoms with Gasteiger partial charge in [0.1, 0.15) is 0 Å². The average Bonchev–Trinajstić information content (AvgIpc) is 2.97. The summed E-state index contributed by atoms with van der Waals surface area (Å²) in [5.41, 5.74) is 0. The highest BCUT2D eigenvalue weighted by molar-refractivity contribution is 5.89. The van der Waals surface area contributed by atoms with Crippen LogP contribution in [-0.2, 0) is 9.59 Å². The minimum Gasteiger partial charge on any atom is -0.333 e. The molecule has 0 aromatic carbocycles. The molecular weight excluding hydrogens is 502 g/mol. The second-order valence-corrected chi connectivity index (χ2v) is 13.0. The standard InChI is InChI=1S/C38H75NO2/c1-5-9-11-13-15-17-19-21-23-25-27-29-31-33-37(40)36(8-4)39(35-7-3)38(41)34-32-30-28-26-24-22-20-18-16-14-12-10-6-2/h36H,5-35H2,1-4H3. The maximum Gasteiger partial charge on any atom is 0.223 e. The summed E-state index contributed by atoms with van der Waals surface area (Å²) in [4.78, 5) is 28.1. The van der Waals surface area contributed by atoms with Crippen LogP contribution in [0.2, 0.25) is 0 Å². The number of hydrogen-bond donors (Lipinski definition) is 0. The molecule has 0 aliphatic carbocycles. The Kier molecular flexibility index (Phi) is 31.4. The molecule has 0 aliphatic rings. The molecule has 1 atom stereocenters. The zero-order chi connectivity index (χ0) is 30.2. The molecule has 0 spiro atoms. The number of hydrogen-bond acceptors (Lipinski definition) is 2. The van der Waals surface area contributed by atoms with E-state index in [4.69, 9.17) is 0 Å². The van der Waals surface area contributed by atoms with Crippen LogP contribution < -0.4 is 0 Å². The summed E-state index contributed by atoms with van der Waals surface area (Å²) < 4.78 is 0. The molecule has 41 heavy (non-hydrogen) atoms. The Balaban J connectivity index is 3.96. The highest BCUT2D eigenvalue weighted by Crippen LogP contribution is 2.18. The molecule has 0 heterocycles. The van der Waals surface area contributed by atoms with Gasteiger partial charge in [-0.25, -0.2) is 0 Å². The topological polar surface area (TPSA) is 37.4 Å². The zero-order valence-electron chi connectivity index (χ0n) is 28.8. The van der Waals surface area contributed by atoms with E-state index in [1.807, 2.05) is 4.90 Å². The molecule has 0 radical (unpaired) electrons. The molecule has 0 fully saturated rings. The van der Waals surface area contributed by atoms with E-state index in [1.54, 1.807) is 0 Å². The fourth-order valence-electron chi connectivity index (χ4n) is 6.24. The third-order valence-corrected chi connectivity index (χ3v) is 8.94. The van der Waals surface area contributed by atoms with E-state index in [1.165, 1.54) is 141 Å². The van der Waals surface area contributed by atoms with Crippen molar-refractivity contribution in [3.63, 3.8) is 0 Å². The van der Waals surface area contributed by atoms with Crippen LogP contribution in [0.3, 0.4) is 0 Å². The molecule has 3 nitrogen and oxygen atoms in total. The van der Waals surface area contributed by atoms with Crippen molar-refractivity contribution in [3.05, 3.63) is 0 Å². The van der Waals surface area contributed by atoms with Gasteiger partial charge in [0, 0.05) is 19.4 Å². The molecule has 0 saturated heterocycles. The number of ketones is 1. The molecule has 0 aromatic heterocycles. The van der Waals surface area contributed by atoms with Gasteiger partial charge in [-0.05, 0) is 25.7 Å². The van der Waals surface area contributed by atoms with E-state index in [2.05, 4.69) is 27.7 Å². The quantitative estimate of drug-likeness (QED) is 0.0727. The molecule has 0 bridgehead atoms. The lowest BCUT2D eigenvalue weighted by molar-refractivity contribution is -0.140. The van der Waals surface area contributed by atoms with Crippen molar-refractivity contribution in [1.82, 2.24) is 4.90 Å². The summed E-state index contributed by atoms with van der Waals surface area (Å²) in [7, 11) is 0. The minimum atomic E-state index is -0.207. The van der Waals surface area contributed by atoms with Gasteiger partial charge in [-0.3, -0.25) is 9.59 Å². The Morgan fingerprint density at radius 2 is 0.732 bits per heavy atom. The summed E-state index contributed by atoms with van der Waals surface area (Å²) in [5, 5.41) is 0. The van der Waals surface area contributed by atoms with Crippen molar-refractivity contribution < 1.29 is 9.59 Å². The summed E-state index contributed by atoms with van der Waals surface area (Å²) in [6, 6.07) is -0.207. The number of Topliss-reactive ketones (excluding diaryl/α,β-unsaturated/α-hetero) is 1. The van der Waals surface area contributed by atoms with E-state index in [0.717, 1.165) is 45.1 Å². The predicted molar refractivity (Wildman–Crippen MR) is 182 cm³/mol. The molecule has 244 valence electrons. The van der Waals surface area contributed by atoms with Gasteiger partial charge in [0.25, 0.3) is 0 Å². The van der Waals surface area contributed by atoms with Crippen molar-refractivity contribution in [2.24, 2.45) is 0 Å². The largest absolute Gasteiger partial charge is 0.333 e. The highest BCUT2D eigenvalue weighted by Gasteiger charge is 2.26. The van der Waals surface area contributed by atoms with Crippen LogP contribution in [0.25, 0.3) is 0 Å². The number of carbonyl (C=O) groups is 2. The maximum absolute atomic E-state index is 13.1. The minimum absolute atomic E-state index is 0.207. The Morgan fingerprint density at radius 1 is 0.415 bits per heavy atom. The second kappa shape index (κ2) is 32.1. The molecule has 1 unspecified atom stereocenters. The van der Waals surface area contributed by atoms with E-state index in [9.17, 15) is 9.59 Å². The SMILES string of the molecule is CCCCCCCCCCCCCCCC(=O)C(CC)N(CCC)C(=O)CCCCCCCCCCCCCCC. The number of amides is 1. The van der Waals surface area contributed by atoms with Crippen LogP contribution in [0.5, 0.6) is 0 Å². The Morgan fingerprint density at radius 3 is 1.05 bits per heavy atom. The highest BCUT2D eigenvalue weighted by atomic mass is 16.2. The van der Waals surface area contributed by atoms with E-state index >= 15 is 0 Å². The van der Waals surface area contributed by atoms with Crippen LogP contribution in [0, 0.1) is 0 Å². The number of nitrogens with zero attached hydrogens (tertiary/aromatic N) is 1. The first kappa shape index (κ1) is 40.1. The lowest BCUT2D eigenvalue weighted by Gasteiger charge is -2.30. The van der Waals surface area contributed by atoms with E-state index in [-0.39, 0.29) is 11.9 Å². The molecule has 0 aromatic rings. The monoisotopic (exact) mass is 578 g/mol. The smallest absolute Gasteiger partial charge is 0.223 e. The summed E-state index contributed by atoms with van der Waals surface area (Å²) >= 11 is 0. The molecule has 0 N–H and O–H groups in total. The Hall–Kier alpha value is -0.860.